The summed E-state index contributed by atoms with van der Waals surface area (Å²) in [5.74, 6) is 0.395. The molecule has 0 aliphatic carbocycles. The van der Waals surface area contributed by atoms with Crippen LogP contribution in [0.5, 0.6) is 0 Å². The van der Waals surface area contributed by atoms with Crippen LogP contribution in [0.2, 0.25) is 0 Å². The Morgan fingerprint density at radius 3 is 2.90 bits per heavy atom. The van der Waals surface area contributed by atoms with Gasteiger partial charge < -0.3 is 14.4 Å². The van der Waals surface area contributed by atoms with Crippen LogP contribution < -0.4 is 0 Å². The number of likely N-dealkylation sites (tertiary alicyclic amines) is 1. The van der Waals surface area contributed by atoms with Crippen molar-refractivity contribution >= 4 is 23.3 Å². The SMILES string of the molecule is Cc1ccc(/C=C/C(=O)N2CCCC(C3OCCO3)C2)s1. The molecule has 5 heteroatoms. The van der Waals surface area contributed by atoms with Gasteiger partial charge >= 0.3 is 0 Å². The second-order valence-electron chi connectivity index (χ2n) is 5.58. The Morgan fingerprint density at radius 1 is 1.38 bits per heavy atom. The lowest BCUT2D eigenvalue weighted by atomic mass is 9.97. The molecule has 0 bridgehead atoms. The lowest BCUT2D eigenvalue weighted by molar-refractivity contribution is -0.134. The van der Waals surface area contributed by atoms with E-state index in [1.807, 2.05) is 17.0 Å². The highest BCUT2D eigenvalue weighted by molar-refractivity contribution is 7.12. The topological polar surface area (TPSA) is 38.8 Å². The fourth-order valence-corrected chi connectivity index (χ4v) is 3.66. The first-order chi connectivity index (χ1) is 10.2. The van der Waals surface area contributed by atoms with Crippen LogP contribution in [0.4, 0.5) is 0 Å². The van der Waals surface area contributed by atoms with Crippen LogP contribution >= 0.6 is 11.3 Å². The van der Waals surface area contributed by atoms with Crippen molar-refractivity contribution in [2.24, 2.45) is 5.92 Å². The van der Waals surface area contributed by atoms with Gasteiger partial charge in [-0.15, -0.1) is 11.3 Å². The molecule has 0 spiro atoms. The Hall–Kier alpha value is -1.17. The first kappa shape index (κ1) is 14.8. The summed E-state index contributed by atoms with van der Waals surface area (Å²) in [5.41, 5.74) is 0. The van der Waals surface area contributed by atoms with E-state index in [4.69, 9.17) is 9.47 Å². The summed E-state index contributed by atoms with van der Waals surface area (Å²) in [7, 11) is 0. The van der Waals surface area contributed by atoms with Gasteiger partial charge in [-0.3, -0.25) is 4.79 Å². The second-order valence-corrected chi connectivity index (χ2v) is 6.90. The number of amides is 1. The molecular formula is C16H21NO3S. The molecule has 0 saturated carbocycles. The molecular weight excluding hydrogens is 286 g/mol. The minimum atomic E-state index is -0.121. The highest BCUT2D eigenvalue weighted by atomic mass is 32.1. The van der Waals surface area contributed by atoms with Crippen molar-refractivity contribution in [3.8, 4) is 0 Å². The first-order valence-corrected chi connectivity index (χ1v) is 8.30. The van der Waals surface area contributed by atoms with Crippen LogP contribution in [0, 0.1) is 12.8 Å². The van der Waals surface area contributed by atoms with Gasteiger partial charge in [0.25, 0.3) is 0 Å². The molecule has 2 saturated heterocycles. The van der Waals surface area contributed by atoms with Gasteiger partial charge in [0.1, 0.15) is 0 Å². The van der Waals surface area contributed by atoms with Crippen LogP contribution in [0.15, 0.2) is 18.2 Å². The summed E-state index contributed by atoms with van der Waals surface area (Å²) in [6.07, 6.45) is 5.56. The maximum absolute atomic E-state index is 12.3. The summed E-state index contributed by atoms with van der Waals surface area (Å²) in [6.45, 7) is 4.98. The quantitative estimate of drug-likeness (QED) is 0.806. The van der Waals surface area contributed by atoms with Crippen molar-refractivity contribution < 1.29 is 14.3 Å². The number of piperidine rings is 1. The standard InChI is InChI=1S/C16H21NO3S/c1-12-4-5-14(21-12)6-7-15(18)17-8-2-3-13(11-17)16-19-9-10-20-16/h4-7,13,16H,2-3,8-11H2,1H3/b7-6+. The highest BCUT2D eigenvalue weighted by Gasteiger charge is 2.32. The lowest BCUT2D eigenvalue weighted by Crippen LogP contribution is -2.43. The van der Waals surface area contributed by atoms with Gasteiger partial charge in [0, 0.05) is 34.8 Å². The average Bonchev–Trinajstić information content (AvgIpc) is 3.16. The maximum Gasteiger partial charge on any atom is 0.246 e. The van der Waals surface area contributed by atoms with Crippen LogP contribution in [0.25, 0.3) is 6.08 Å². The van der Waals surface area contributed by atoms with Crippen molar-refractivity contribution in [1.82, 2.24) is 4.90 Å². The predicted molar refractivity (Wildman–Crippen MR) is 83.1 cm³/mol. The van der Waals surface area contributed by atoms with Crippen LogP contribution in [-0.4, -0.2) is 43.4 Å². The van der Waals surface area contributed by atoms with E-state index in [1.54, 1.807) is 17.4 Å². The van der Waals surface area contributed by atoms with Gasteiger partial charge in [0.15, 0.2) is 6.29 Å². The van der Waals surface area contributed by atoms with E-state index in [2.05, 4.69) is 13.0 Å². The number of aryl methyl sites for hydroxylation is 1. The van der Waals surface area contributed by atoms with Crippen LogP contribution in [-0.2, 0) is 14.3 Å². The Balaban J connectivity index is 1.57. The molecule has 4 nitrogen and oxygen atoms in total. The summed E-state index contributed by atoms with van der Waals surface area (Å²) in [5, 5.41) is 0. The third-order valence-corrected chi connectivity index (χ3v) is 4.92. The molecule has 1 atom stereocenters. The van der Waals surface area contributed by atoms with E-state index >= 15 is 0 Å². The zero-order valence-corrected chi connectivity index (χ0v) is 13.1. The summed E-state index contributed by atoms with van der Waals surface area (Å²) in [4.78, 5) is 16.6. The van der Waals surface area contributed by atoms with Gasteiger partial charge in [0.2, 0.25) is 5.91 Å². The zero-order valence-electron chi connectivity index (χ0n) is 12.3. The molecule has 1 unspecified atom stereocenters. The van der Waals surface area contributed by atoms with Crippen LogP contribution in [0.1, 0.15) is 22.6 Å². The van der Waals surface area contributed by atoms with Gasteiger partial charge in [-0.05, 0) is 38.0 Å². The molecule has 114 valence electrons. The third kappa shape index (κ3) is 3.73. The molecule has 0 aromatic carbocycles. The first-order valence-electron chi connectivity index (χ1n) is 7.49. The van der Waals surface area contributed by atoms with Crippen molar-refractivity contribution in [2.45, 2.75) is 26.1 Å². The highest BCUT2D eigenvalue weighted by Crippen LogP contribution is 2.25. The lowest BCUT2D eigenvalue weighted by Gasteiger charge is -2.34. The van der Waals surface area contributed by atoms with Crippen molar-refractivity contribution in [1.29, 1.82) is 0 Å². The van der Waals surface area contributed by atoms with Crippen molar-refractivity contribution in [3.63, 3.8) is 0 Å². The van der Waals surface area contributed by atoms with Gasteiger partial charge in [-0.2, -0.15) is 0 Å². The molecule has 1 aromatic heterocycles. The van der Waals surface area contributed by atoms with E-state index in [0.717, 1.165) is 30.8 Å². The Labute approximate surface area is 129 Å². The molecule has 21 heavy (non-hydrogen) atoms. The van der Waals surface area contributed by atoms with E-state index in [-0.39, 0.29) is 12.2 Å². The average molecular weight is 307 g/mol. The molecule has 0 radical (unpaired) electrons. The molecule has 1 amide bonds. The van der Waals surface area contributed by atoms with E-state index in [1.165, 1.54) is 4.88 Å². The maximum atomic E-state index is 12.3. The number of nitrogens with zero attached hydrogens (tertiary/aromatic N) is 1. The Kier molecular flexibility index (Phi) is 4.73. The normalized spacial score (nSPS) is 24.0. The van der Waals surface area contributed by atoms with Gasteiger partial charge in [0.05, 0.1) is 13.2 Å². The Bertz CT molecular complexity index is 519. The third-order valence-electron chi connectivity index (χ3n) is 3.95. The number of hydrogen-bond donors (Lipinski definition) is 0. The monoisotopic (exact) mass is 307 g/mol. The number of ether oxygens (including phenoxy) is 2. The van der Waals surface area contributed by atoms with Crippen molar-refractivity contribution in [2.75, 3.05) is 26.3 Å². The molecule has 2 aliphatic heterocycles. The number of rotatable bonds is 3. The summed E-state index contributed by atoms with van der Waals surface area (Å²) < 4.78 is 11.2. The molecule has 2 aliphatic rings. The van der Waals surface area contributed by atoms with E-state index < -0.39 is 0 Å². The van der Waals surface area contributed by atoms with E-state index in [0.29, 0.717) is 19.1 Å². The Morgan fingerprint density at radius 2 is 2.19 bits per heavy atom. The largest absolute Gasteiger partial charge is 0.350 e. The van der Waals surface area contributed by atoms with Gasteiger partial charge in [-0.1, -0.05) is 0 Å². The van der Waals surface area contributed by atoms with Crippen molar-refractivity contribution in [3.05, 3.63) is 28.0 Å². The minimum absolute atomic E-state index is 0.0868. The minimum Gasteiger partial charge on any atom is -0.350 e. The van der Waals surface area contributed by atoms with E-state index in [9.17, 15) is 4.79 Å². The van der Waals surface area contributed by atoms with Gasteiger partial charge in [-0.25, -0.2) is 0 Å². The number of carbonyl (C=O) groups excluding carboxylic acids is 1. The predicted octanol–water partition coefficient (Wildman–Crippen LogP) is 2.68. The number of thiophene rings is 1. The molecule has 2 fully saturated rings. The second kappa shape index (κ2) is 6.73. The van der Waals surface area contributed by atoms with Crippen LogP contribution in [0.3, 0.4) is 0 Å². The molecule has 1 aromatic rings. The zero-order chi connectivity index (χ0) is 14.7. The molecule has 0 N–H and O–H groups in total. The molecule has 3 rings (SSSR count). The fraction of sp³-hybridized carbons (Fsp3) is 0.562. The smallest absolute Gasteiger partial charge is 0.246 e. The summed E-state index contributed by atoms with van der Waals surface area (Å²) in [6, 6.07) is 4.11. The number of carbonyl (C=O) groups is 1. The molecule has 3 heterocycles. The fourth-order valence-electron chi connectivity index (χ4n) is 2.88. The number of hydrogen-bond acceptors (Lipinski definition) is 4. The summed E-state index contributed by atoms with van der Waals surface area (Å²) >= 11 is 1.70.